The summed E-state index contributed by atoms with van der Waals surface area (Å²) >= 11 is 1.19. The molecule has 8 nitrogen and oxygen atoms in total. The lowest BCUT2D eigenvalue weighted by Gasteiger charge is -2.06. The van der Waals surface area contributed by atoms with Gasteiger partial charge in [0.15, 0.2) is 11.5 Å². The predicted molar refractivity (Wildman–Crippen MR) is 90.3 cm³/mol. The van der Waals surface area contributed by atoms with Gasteiger partial charge in [-0.2, -0.15) is 0 Å². The molecule has 130 valence electrons. The molecule has 0 fully saturated rings. The molecule has 3 aromatic rings. The van der Waals surface area contributed by atoms with Crippen molar-refractivity contribution in [2.75, 3.05) is 0 Å². The second kappa shape index (κ2) is 6.52. The summed E-state index contributed by atoms with van der Waals surface area (Å²) in [4.78, 5) is 27.3. The zero-order chi connectivity index (χ0) is 18.1. The lowest BCUT2D eigenvalue weighted by molar-refractivity contribution is 0.0691. The van der Waals surface area contributed by atoms with Gasteiger partial charge >= 0.3 is 5.97 Å². The number of aryl methyl sites for hydroxylation is 2. The molecule has 25 heavy (non-hydrogen) atoms. The standard InChI is InChI=1S/C16H16N4O4S/c1-8-4-11(10(3)20(8)13-5-9(2)24-19-13)15(21)17-6-14-18-12(7-25-14)16(22)23/h4-5,7H,6H2,1-3H3,(H,17,21)(H,22,23). The fraction of sp³-hybridized carbons (Fsp3) is 0.250. The molecule has 0 saturated heterocycles. The van der Waals surface area contributed by atoms with Crippen LogP contribution < -0.4 is 5.32 Å². The highest BCUT2D eigenvalue weighted by Gasteiger charge is 2.18. The van der Waals surface area contributed by atoms with E-state index in [0.29, 0.717) is 22.1 Å². The fourth-order valence-electron chi connectivity index (χ4n) is 2.55. The van der Waals surface area contributed by atoms with Crippen molar-refractivity contribution in [1.29, 1.82) is 0 Å². The Hall–Kier alpha value is -2.94. The van der Waals surface area contributed by atoms with Crippen molar-refractivity contribution in [2.24, 2.45) is 0 Å². The molecule has 0 aliphatic rings. The highest BCUT2D eigenvalue weighted by Crippen LogP contribution is 2.21. The normalized spacial score (nSPS) is 10.8. The summed E-state index contributed by atoms with van der Waals surface area (Å²) < 4.78 is 6.94. The SMILES string of the molecule is Cc1cc(-n2c(C)cc(C(=O)NCc3nc(C(=O)O)cs3)c2C)no1. The Labute approximate surface area is 147 Å². The number of thiazole rings is 1. The summed E-state index contributed by atoms with van der Waals surface area (Å²) in [7, 11) is 0. The van der Waals surface area contributed by atoms with Gasteiger partial charge in [0.25, 0.3) is 5.91 Å². The minimum atomic E-state index is -1.08. The average Bonchev–Trinajstić information content (AvgIpc) is 3.25. The molecule has 3 rings (SSSR count). The van der Waals surface area contributed by atoms with Crippen molar-refractivity contribution in [3.8, 4) is 5.82 Å². The van der Waals surface area contributed by atoms with Crippen molar-refractivity contribution in [2.45, 2.75) is 27.3 Å². The smallest absolute Gasteiger partial charge is 0.355 e. The second-order valence-corrected chi connectivity index (χ2v) is 6.47. The summed E-state index contributed by atoms with van der Waals surface area (Å²) in [6.07, 6.45) is 0. The number of nitrogens with one attached hydrogen (secondary N) is 1. The maximum absolute atomic E-state index is 12.5. The molecule has 9 heteroatoms. The van der Waals surface area contributed by atoms with E-state index in [2.05, 4.69) is 15.5 Å². The molecule has 0 aliphatic carbocycles. The highest BCUT2D eigenvalue weighted by atomic mass is 32.1. The molecule has 2 N–H and O–H groups in total. The Bertz CT molecular complexity index is 953. The van der Waals surface area contributed by atoms with Gasteiger partial charge in [-0.25, -0.2) is 9.78 Å². The van der Waals surface area contributed by atoms with Crippen LogP contribution in [0, 0.1) is 20.8 Å². The van der Waals surface area contributed by atoms with Crippen molar-refractivity contribution in [1.82, 2.24) is 20.0 Å². The minimum absolute atomic E-state index is 0.0196. The van der Waals surface area contributed by atoms with Gasteiger partial charge in [-0.1, -0.05) is 5.16 Å². The second-order valence-electron chi connectivity index (χ2n) is 5.53. The lowest BCUT2D eigenvalue weighted by atomic mass is 10.2. The van der Waals surface area contributed by atoms with E-state index in [9.17, 15) is 9.59 Å². The zero-order valence-electron chi connectivity index (χ0n) is 13.9. The third-order valence-corrected chi connectivity index (χ3v) is 4.54. The number of hydrogen-bond donors (Lipinski definition) is 2. The first-order chi connectivity index (χ1) is 11.9. The van der Waals surface area contributed by atoms with Crippen LogP contribution in [0.5, 0.6) is 0 Å². The van der Waals surface area contributed by atoms with Crippen molar-refractivity contribution in [3.63, 3.8) is 0 Å². The molecule has 0 aliphatic heterocycles. The lowest BCUT2D eigenvalue weighted by Crippen LogP contribution is -2.23. The van der Waals surface area contributed by atoms with E-state index >= 15 is 0 Å². The number of hydrogen-bond acceptors (Lipinski definition) is 6. The van der Waals surface area contributed by atoms with Crippen LogP contribution in [-0.4, -0.2) is 31.7 Å². The zero-order valence-corrected chi connectivity index (χ0v) is 14.7. The Balaban J connectivity index is 1.77. The van der Waals surface area contributed by atoms with Crippen molar-refractivity contribution < 1.29 is 19.2 Å². The molecule has 0 aromatic carbocycles. The van der Waals surface area contributed by atoms with Gasteiger partial charge in [-0.15, -0.1) is 11.3 Å². The molecule has 0 atom stereocenters. The van der Waals surface area contributed by atoms with Gasteiger partial charge in [0.05, 0.1) is 12.1 Å². The van der Waals surface area contributed by atoms with E-state index < -0.39 is 5.97 Å². The van der Waals surface area contributed by atoms with Gasteiger partial charge in [0, 0.05) is 22.8 Å². The van der Waals surface area contributed by atoms with Crippen LogP contribution in [0.1, 0.15) is 43.0 Å². The Kier molecular flexibility index (Phi) is 4.41. The van der Waals surface area contributed by atoms with Gasteiger partial charge in [0.1, 0.15) is 10.8 Å². The first kappa shape index (κ1) is 16.9. The van der Waals surface area contributed by atoms with Crippen LogP contribution >= 0.6 is 11.3 Å². The number of carbonyl (C=O) groups excluding carboxylic acids is 1. The maximum Gasteiger partial charge on any atom is 0.355 e. The number of carbonyl (C=O) groups is 2. The van der Waals surface area contributed by atoms with Gasteiger partial charge in [-0.3, -0.25) is 9.36 Å². The predicted octanol–water partition coefficient (Wildman–Crippen LogP) is 2.48. The van der Waals surface area contributed by atoms with Gasteiger partial charge in [-0.05, 0) is 26.8 Å². The van der Waals surface area contributed by atoms with Crippen LogP contribution in [0.4, 0.5) is 0 Å². The molecular formula is C16H16N4O4S. The third kappa shape index (κ3) is 3.31. The van der Waals surface area contributed by atoms with Gasteiger partial charge < -0.3 is 14.9 Å². The molecule has 0 bridgehead atoms. The number of aromatic carboxylic acids is 1. The van der Waals surface area contributed by atoms with Crippen molar-refractivity contribution in [3.05, 3.63) is 50.9 Å². The number of nitrogens with zero attached hydrogens (tertiary/aromatic N) is 3. The summed E-state index contributed by atoms with van der Waals surface area (Å²) in [5.41, 5.74) is 2.11. The van der Waals surface area contributed by atoms with Crippen LogP contribution in [0.3, 0.4) is 0 Å². The monoisotopic (exact) mass is 360 g/mol. The molecule has 0 radical (unpaired) electrons. The summed E-state index contributed by atoms with van der Waals surface area (Å²) in [5, 5.41) is 17.6. The van der Waals surface area contributed by atoms with Crippen LogP contribution in [0.2, 0.25) is 0 Å². The first-order valence-electron chi connectivity index (χ1n) is 7.45. The van der Waals surface area contributed by atoms with Crippen molar-refractivity contribution >= 4 is 23.2 Å². The fourth-order valence-corrected chi connectivity index (χ4v) is 3.25. The molecular weight excluding hydrogens is 344 g/mol. The molecule has 3 aromatic heterocycles. The quantitative estimate of drug-likeness (QED) is 0.723. The third-order valence-electron chi connectivity index (χ3n) is 3.69. The Morgan fingerprint density at radius 3 is 2.68 bits per heavy atom. The van der Waals surface area contributed by atoms with E-state index in [1.165, 1.54) is 16.7 Å². The molecule has 1 amide bonds. The highest BCUT2D eigenvalue weighted by molar-refractivity contribution is 7.09. The van der Waals surface area contributed by atoms with Gasteiger partial charge in [0.2, 0.25) is 0 Å². The van der Waals surface area contributed by atoms with E-state index in [-0.39, 0.29) is 18.1 Å². The molecule has 0 spiro atoms. The van der Waals surface area contributed by atoms with E-state index in [1.54, 1.807) is 19.1 Å². The molecule has 3 heterocycles. The maximum atomic E-state index is 12.5. The summed E-state index contributed by atoms with van der Waals surface area (Å²) in [6, 6.07) is 3.57. The Morgan fingerprint density at radius 2 is 2.08 bits per heavy atom. The number of amides is 1. The number of carboxylic acid groups (broad SMARTS) is 1. The molecule has 0 saturated carbocycles. The van der Waals surface area contributed by atoms with E-state index in [0.717, 1.165) is 11.4 Å². The number of aromatic nitrogens is 3. The van der Waals surface area contributed by atoms with E-state index in [1.807, 2.05) is 18.4 Å². The van der Waals surface area contributed by atoms with Crippen LogP contribution in [-0.2, 0) is 6.54 Å². The number of rotatable bonds is 5. The molecule has 0 unspecified atom stereocenters. The average molecular weight is 360 g/mol. The van der Waals surface area contributed by atoms with Crippen LogP contribution in [0.25, 0.3) is 5.82 Å². The van der Waals surface area contributed by atoms with Crippen LogP contribution in [0.15, 0.2) is 22.0 Å². The topological polar surface area (TPSA) is 110 Å². The summed E-state index contributed by atoms with van der Waals surface area (Å²) in [6.45, 7) is 5.69. The first-order valence-corrected chi connectivity index (χ1v) is 8.33. The Morgan fingerprint density at radius 1 is 1.32 bits per heavy atom. The minimum Gasteiger partial charge on any atom is -0.476 e. The number of carboxylic acids is 1. The summed E-state index contributed by atoms with van der Waals surface area (Å²) in [5.74, 6) is -0.0315. The van der Waals surface area contributed by atoms with E-state index in [4.69, 9.17) is 9.63 Å². The largest absolute Gasteiger partial charge is 0.476 e.